The van der Waals surface area contributed by atoms with Crippen molar-refractivity contribution in [3.8, 4) is 0 Å². The van der Waals surface area contributed by atoms with E-state index in [9.17, 15) is 0 Å². The monoisotopic (exact) mass is 434 g/mol. The molecule has 112 valence electrons. The second-order valence-electron chi connectivity index (χ2n) is 4.44. The molecule has 0 aliphatic rings. The Morgan fingerprint density at radius 3 is 0.955 bits per heavy atom. The van der Waals surface area contributed by atoms with Gasteiger partial charge in [-0.25, -0.2) is 0 Å². The van der Waals surface area contributed by atoms with Gasteiger partial charge < -0.3 is 0 Å². The predicted octanol–water partition coefficient (Wildman–Crippen LogP) is 5.18. The molecule has 0 saturated carbocycles. The Balaban J connectivity index is 0.000000545. The summed E-state index contributed by atoms with van der Waals surface area (Å²) in [5.41, 5.74) is 0. The Bertz CT molecular complexity index is 548. The van der Waals surface area contributed by atoms with Crippen molar-refractivity contribution in [1.29, 1.82) is 0 Å². The van der Waals surface area contributed by atoms with Crippen LogP contribution in [0.3, 0.4) is 0 Å². The van der Waals surface area contributed by atoms with Gasteiger partial charge in [0.05, 0.1) is 4.24 Å². The van der Waals surface area contributed by atoms with Crippen LogP contribution < -0.4 is 15.9 Å². The fraction of sp³-hybridized carbons (Fsp3) is 0.0526. The van der Waals surface area contributed by atoms with Crippen molar-refractivity contribution in [2.45, 2.75) is 0 Å². The zero-order chi connectivity index (χ0) is 15.6. The molecule has 3 aromatic carbocycles. The molecule has 0 N–H and O–H groups in total. The van der Waals surface area contributed by atoms with Gasteiger partial charge in [-0.05, 0) is 23.8 Å². The van der Waals surface area contributed by atoms with Crippen LogP contribution in [0.4, 0.5) is 0 Å². The van der Waals surface area contributed by atoms with E-state index >= 15 is 0 Å². The minimum Gasteiger partial charge on any atom is -0.0802 e. The van der Waals surface area contributed by atoms with Crippen LogP contribution in [0.1, 0.15) is 0 Å². The minimum atomic E-state index is -0.446. The van der Waals surface area contributed by atoms with Crippen LogP contribution in [0.2, 0.25) is 0 Å². The first-order chi connectivity index (χ1) is 10.9. The van der Waals surface area contributed by atoms with Gasteiger partial charge in [0.2, 0.25) is 0 Å². The molecular formula is C19H17Br2P. The lowest BCUT2D eigenvalue weighted by Crippen LogP contribution is -2.20. The third-order valence-electron chi connectivity index (χ3n) is 3.04. The van der Waals surface area contributed by atoms with E-state index in [-0.39, 0.29) is 0 Å². The number of hydrogen-bond acceptors (Lipinski definition) is 0. The Kier molecular flexibility index (Phi) is 7.87. The maximum absolute atomic E-state index is 3.06. The lowest BCUT2D eigenvalue weighted by molar-refractivity contribution is 1.74. The first-order valence-electron chi connectivity index (χ1n) is 6.94. The fourth-order valence-corrected chi connectivity index (χ4v) is 4.48. The van der Waals surface area contributed by atoms with Crippen molar-refractivity contribution in [2.75, 3.05) is 4.24 Å². The van der Waals surface area contributed by atoms with E-state index in [2.05, 4.69) is 123 Å². The van der Waals surface area contributed by atoms with Gasteiger partial charge in [-0.15, -0.1) is 0 Å². The van der Waals surface area contributed by atoms with Gasteiger partial charge in [-0.2, -0.15) is 0 Å². The number of alkyl halides is 2. The highest BCUT2D eigenvalue weighted by Crippen LogP contribution is 2.32. The van der Waals surface area contributed by atoms with E-state index in [1.165, 1.54) is 15.9 Å². The first kappa shape index (κ1) is 17.4. The van der Waals surface area contributed by atoms with E-state index in [1.54, 1.807) is 0 Å². The van der Waals surface area contributed by atoms with Crippen LogP contribution in [0.25, 0.3) is 0 Å². The highest BCUT2D eigenvalue weighted by Gasteiger charge is 2.14. The molecule has 0 aliphatic carbocycles. The van der Waals surface area contributed by atoms with E-state index in [4.69, 9.17) is 0 Å². The maximum atomic E-state index is 3.06. The molecule has 0 fully saturated rings. The average molecular weight is 436 g/mol. The lowest BCUT2D eigenvalue weighted by Gasteiger charge is -2.18. The van der Waals surface area contributed by atoms with Crippen LogP contribution in [0.15, 0.2) is 91.0 Å². The van der Waals surface area contributed by atoms with E-state index < -0.39 is 7.92 Å². The summed E-state index contributed by atoms with van der Waals surface area (Å²) < 4.78 is 0.875. The van der Waals surface area contributed by atoms with Gasteiger partial charge in [0.1, 0.15) is 0 Å². The summed E-state index contributed by atoms with van der Waals surface area (Å²) in [6.07, 6.45) is 0. The fourth-order valence-electron chi connectivity index (χ4n) is 2.18. The SMILES string of the molecule is BrCBr.c1ccc(P(c2ccccc2)c2ccccc2)cc1. The highest BCUT2D eigenvalue weighted by molar-refractivity contribution is 9.24. The average Bonchev–Trinajstić information content (AvgIpc) is 2.59. The smallest absolute Gasteiger partial charge is 0.0588 e. The van der Waals surface area contributed by atoms with Gasteiger partial charge >= 0.3 is 0 Å². The molecule has 3 heteroatoms. The largest absolute Gasteiger partial charge is 0.0802 e. The summed E-state index contributed by atoms with van der Waals surface area (Å²) in [4.78, 5) is 0. The highest BCUT2D eigenvalue weighted by atomic mass is 79.9. The molecule has 0 aromatic heterocycles. The summed E-state index contributed by atoms with van der Waals surface area (Å²) >= 11 is 6.12. The van der Waals surface area contributed by atoms with Gasteiger partial charge in [-0.1, -0.05) is 123 Å². The molecule has 0 atom stereocenters. The summed E-state index contributed by atoms with van der Waals surface area (Å²) in [7, 11) is -0.446. The van der Waals surface area contributed by atoms with Crippen LogP contribution in [0.5, 0.6) is 0 Å². The van der Waals surface area contributed by atoms with Crippen molar-refractivity contribution < 1.29 is 0 Å². The summed E-state index contributed by atoms with van der Waals surface area (Å²) in [5.74, 6) is 0. The Morgan fingerprint density at radius 1 is 0.500 bits per heavy atom. The molecule has 3 rings (SSSR count). The predicted molar refractivity (Wildman–Crippen MR) is 108 cm³/mol. The topological polar surface area (TPSA) is 0 Å². The van der Waals surface area contributed by atoms with Crippen LogP contribution in [-0.2, 0) is 0 Å². The van der Waals surface area contributed by atoms with Crippen LogP contribution >= 0.6 is 39.8 Å². The van der Waals surface area contributed by atoms with Gasteiger partial charge in [0.25, 0.3) is 0 Å². The molecule has 0 saturated heterocycles. The first-order valence-corrected chi connectivity index (χ1v) is 10.5. The van der Waals surface area contributed by atoms with Gasteiger partial charge in [0, 0.05) is 0 Å². The van der Waals surface area contributed by atoms with E-state index in [0.29, 0.717) is 0 Å². The van der Waals surface area contributed by atoms with Gasteiger partial charge in [0.15, 0.2) is 0 Å². The van der Waals surface area contributed by atoms with Gasteiger partial charge in [-0.3, -0.25) is 0 Å². The van der Waals surface area contributed by atoms with Crippen molar-refractivity contribution in [1.82, 2.24) is 0 Å². The standard InChI is InChI=1S/C18H15P.CH2Br2/c1-4-10-16(11-5-1)19(17-12-6-2-7-13-17)18-14-8-3-9-15-18;2-1-3/h1-15H;1H2. The quantitative estimate of drug-likeness (QED) is 0.392. The molecule has 0 bridgehead atoms. The molecule has 0 radical (unpaired) electrons. The normalized spacial score (nSPS) is 9.95. The molecule has 0 heterocycles. The van der Waals surface area contributed by atoms with Crippen LogP contribution in [0, 0.1) is 0 Å². The molecule has 0 spiro atoms. The Labute approximate surface area is 150 Å². The van der Waals surface area contributed by atoms with E-state index in [0.717, 1.165) is 4.24 Å². The van der Waals surface area contributed by atoms with Crippen molar-refractivity contribution in [2.24, 2.45) is 0 Å². The van der Waals surface area contributed by atoms with Crippen molar-refractivity contribution >= 4 is 55.7 Å². The molecule has 3 aromatic rings. The second kappa shape index (κ2) is 9.94. The number of hydrogen-bond donors (Lipinski definition) is 0. The van der Waals surface area contributed by atoms with E-state index in [1.807, 2.05) is 0 Å². The zero-order valence-electron chi connectivity index (χ0n) is 12.1. The summed E-state index contributed by atoms with van der Waals surface area (Å²) in [5, 5.41) is 4.19. The minimum absolute atomic E-state index is 0.446. The molecule has 0 amide bonds. The lowest BCUT2D eigenvalue weighted by atomic mass is 10.4. The molecule has 0 nitrogen and oxygen atoms in total. The zero-order valence-corrected chi connectivity index (χ0v) is 16.1. The number of rotatable bonds is 3. The molecule has 22 heavy (non-hydrogen) atoms. The third kappa shape index (κ3) is 5.05. The van der Waals surface area contributed by atoms with Crippen molar-refractivity contribution in [3.63, 3.8) is 0 Å². The Morgan fingerprint density at radius 2 is 0.727 bits per heavy atom. The molecule has 0 aliphatic heterocycles. The number of halogens is 2. The summed E-state index contributed by atoms with van der Waals surface area (Å²) in [6.45, 7) is 0. The maximum Gasteiger partial charge on any atom is 0.0588 e. The Hall–Kier alpha value is -0.950. The molecular weight excluding hydrogens is 419 g/mol. The summed E-state index contributed by atoms with van der Waals surface area (Å²) in [6, 6.07) is 32.3. The third-order valence-corrected chi connectivity index (χ3v) is 5.49. The van der Waals surface area contributed by atoms with Crippen LogP contribution in [-0.4, -0.2) is 4.24 Å². The second-order valence-corrected chi connectivity index (χ2v) is 9.29. The number of benzene rings is 3. The molecule has 0 unspecified atom stereocenters. The van der Waals surface area contributed by atoms with Crippen molar-refractivity contribution in [3.05, 3.63) is 91.0 Å².